The monoisotopic (exact) mass is 414 g/mol. The molecule has 0 radical (unpaired) electrons. The van der Waals surface area contributed by atoms with E-state index < -0.39 is 34.9 Å². The van der Waals surface area contributed by atoms with Gasteiger partial charge < -0.3 is 5.32 Å². The molecule has 1 saturated carbocycles. The number of carbonyl (C=O) groups excluding carboxylic acids is 1. The van der Waals surface area contributed by atoms with Gasteiger partial charge in [0.25, 0.3) is 10.2 Å². The van der Waals surface area contributed by atoms with E-state index in [1.165, 1.54) is 15.5 Å². The van der Waals surface area contributed by atoms with Crippen LogP contribution in [0.25, 0.3) is 0 Å². The summed E-state index contributed by atoms with van der Waals surface area (Å²) in [6.45, 7) is 1.21. The molecule has 1 aliphatic carbocycles. The molecule has 2 aliphatic rings. The fourth-order valence-corrected chi connectivity index (χ4v) is 5.21. The molecule has 1 heterocycles. The summed E-state index contributed by atoms with van der Waals surface area (Å²) < 4.78 is 65.2. The van der Waals surface area contributed by atoms with Gasteiger partial charge in [0, 0.05) is 39.3 Å². The van der Waals surface area contributed by atoms with Crippen molar-refractivity contribution in [2.45, 2.75) is 57.3 Å². The molecule has 1 saturated heterocycles. The van der Waals surface area contributed by atoms with E-state index in [1.54, 1.807) is 11.9 Å². The number of halogens is 3. The number of amides is 1. The van der Waals surface area contributed by atoms with Crippen molar-refractivity contribution in [1.29, 1.82) is 0 Å². The van der Waals surface area contributed by atoms with Crippen molar-refractivity contribution >= 4 is 16.1 Å². The first kappa shape index (κ1) is 22.4. The summed E-state index contributed by atoms with van der Waals surface area (Å²) in [6.07, 6.45) is 0.479. The second-order valence-corrected chi connectivity index (χ2v) is 9.25. The van der Waals surface area contributed by atoms with Crippen molar-refractivity contribution in [3.8, 4) is 0 Å². The lowest BCUT2D eigenvalue weighted by atomic mass is 9.96. The van der Waals surface area contributed by atoms with E-state index >= 15 is 0 Å². The second-order valence-electron chi connectivity index (χ2n) is 7.26. The third-order valence-electron chi connectivity index (χ3n) is 5.44. The summed E-state index contributed by atoms with van der Waals surface area (Å²) in [5.41, 5.74) is 0. The highest BCUT2D eigenvalue weighted by atomic mass is 32.2. The quantitative estimate of drug-likeness (QED) is 0.709. The van der Waals surface area contributed by atoms with E-state index in [0.717, 1.165) is 32.1 Å². The first-order valence-electron chi connectivity index (χ1n) is 9.34. The molecule has 0 aromatic rings. The molecule has 27 heavy (non-hydrogen) atoms. The maximum Gasteiger partial charge on any atom is 0.405 e. The van der Waals surface area contributed by atoms with Crippen LogP contribution in [0.3, 0.4) is 0 Å². The summed E-state index contributed by atoms with van der Waals surface area (Å²) in [4.78, 5) is 13.6. The van der Waals surface area contributed by atoms with Gasteiger partial charge in [-0.25, -0.2) is 0 Å². The van der Waals surface area contributed by atoms with Crippen LogP contribution in [0.2, 0.25) is 0 Å². The summed E-state index contributed by atoms with van der Waals surface area (Å²) in [6, 6.07) is -0.720. The maximum atomic E-state index is 12.8. The number of nitrogens with zero attached hydrogens (tertiary/aromatic N) is 3. The Labute approximate surface area is 159 Å². The number of piperazine rings is 1. The van der Waals surface area contributed by atoms with E-state index in [4.69, 9.17) is 0 Å². The van der Waals surface area contributed by atoms with Crippen molar-refractivity contribution in [2.75, 3.05) is 39.8 Å². The fraction of sp³-hybridized carbons (Fsp3) is 0.938. The van der Waals surface area contributed by atoms with Gasteiger partial charge in [-0.1, -0.05) is 19.3 Å². The molecule has 2 rings (SSSR count). The number of rotatable bonds is 6. The molecule has 1 unspecified atom stereocenters. The Hall–Kier alpha value is -0.910. The lowest BCUT2D eigenvalue weighted by Crippen LogP contribution is -2.58. The number of carbonyl (C=O) groups is 1. The largest absolute Gasteiger partial charge is 0.405 e. The molecule has 1 amide bonds. The molecule has 158 valence electrons. The van der Waals surface area contributed by atoms with E-state index in [0.29, 0.717) is 13.1 Å². The molecule has 2 fully saturated rings. The second kappa shape index (κ2) is 9.06. The Morgan fingerprint density at radius 1 is 1.15 bits per heavy atom. The van der Waals surface area contributed by atoms with Crippen LogP contribution >= 0.6 is 0 Å². The Balaban J connectivity index is 1.87. The molecule has 0 aromatic carbocycles. The maximum absolute atomic E-state index is 12.8. The fourth-order valence-electron chi connectivity index (χ4n) is 3.64. The Bertz CT molecular complexity index is 601. The Morgan fingerprint density at radius 3 is 2.22 bits per heavy atom. The molecule has 0 bridgehead atoms. The van der Waals surface area contributed by atoms with E-state index in [9.17, 15) is 26.4 Å². The van der Waals surface area contributed by atoms with Crippen LogP contribution in [0.15, 0.2) is 0 Å². The molecular weight excluding hydrogens is 385 g/mol. The molecular formula is C16H29F3N4O3S. The van der Waals surface area contributed by atoms with E-state index in [1.807, 2.05) is 5.32 Å². The van der Waals surface area contributed by atoms with Gasteiger partial charge in [0.2, 0.25) is 5.91 Å². The lowest BCUT2D eigenvalue weighted by Gasteiger charge is -2.40. The van der Waals surface area contributed by atoms with Gasteiger partial charge in [-0.3, -0.25) is 9.69 Å². The van der Waals surface area contributed by atoms with Gasteiger partial charge in [0.05, 0.1) is 6.04 Å². The average molecular weight is 414 g/mol. The summed E-state index contributed by atoms with van der Waals surface area (Å²) in [5, 5.41) is 1.88. The first-order valence-corrected chi connectivity index (χ1v) is 10.7. The zero-order chi connectivity index (χ0) is 20.2. The molecule has 11 heteroatoms. The predicted molar refractivity (Wildman–Crippen MR) is 95.2 cm³/mol. The van der Waals surface area contributed by atoms with Gasteiger partial charge in [0.15, 0.2) is 0 Å². The number of hydrogen-bond acceptors (Lipinski definition) is 4. The van der Waals surface area contributed by atoms with Crippen LogP contribution in [0.4, 0.5) is 13.2 Å². The van der Waals surface area contributed by atoms with E-state index in [-0.39, 0.29) is 19.1 Å². The Kier molecular flexibility index (Phi) is 7.51. The van der Waals surface area contributed by atoms with Gasteiger partial charge >= 0.3 is 6.18 Å². The molecule has 1 aliphatic heterocycles. The van der Waals surface area contributed by atoms with Crippen molar-refractivity contribution in [2.24, 2.45) is 0 Å². The van der Waals surface area contributed by atoms with Crippen LogP contribution in [0.5, 0.6) is 0 Å². The molecule has 7 nitrogen and oxygen atoms in total. The normalized spacial score (nSPS) is 22.7. The lowest BCUT2D eigenvalue weighted by molar-refractivity contribution is -0.141. The summed E-state index contributed by atoms with van der Waals surface area (Å²) >= 11 is 0. The molecule has 1 atom stereocenters. The van der Waals surface area contributed by atoms with Crippen LogP contribution in [0.1, 0.15) is 39.0 Å². The van der Waals surface area contributed by atoms with Gasteiger partial charge in [0.1, 0.15) is 6.54 Å². The molecule has 0 spiro atoms. The van der Waals surface area contributed by atoms with Gasteiger partial charge in [-0.05, 0) is 19.8 Å². The summed E-state index contributed by atoms with van der Waals surface area (Å²) in [5.74, 6) is -0.706. The number of hydrogen-bond donors (Lipinski definition) is 1. The predicted octanol–water partition coefficient (Wildman–Crippen LogP) is 1.18. The third-order valence-corrected chi connectivity index (χ3v) is 7.49. The highest BCUT2D eigenvalue weighted by Crippen LogP contribution is 2.25. The SMILES string of the molecule is CC(C(=O)NCC(F)(F)F)N1CCN(S(=O)(=O)N(C)C2CCCCC2)CC1. The van der Waals surface area contributed by atoms with Crippen molar-refractivity contribution in [3.05, 3.63) is 0 Å². The molecule has 1 N–H and O–H groups in total. The highest BCUT2D eigenvalue weighted by molar-refractivity contribution is 7.86. The highest BCUT2D eigenvalue weighted by Gasteiger charge is 2.36. The van der Waals surface area contributed by atoms with Crippen LogP contribution in [-0.2, 0) is 15.0 Å². The van der Waals surface area contributed by atoms with Crippen molar-refractivity contribution in [1.82, 2.24) is 18.8 Å². The van der Waals surface area contributed by atoms with E-state index in [2.05, 4.69) is 0 Å². The first-order chi connectivity index (χ1) is 12.5. The zero-order valence-corrected chi connectivity index (χ0v) is 16.7. The van der Waals surface area contributed by atoms with Crippen LogP contribution in [0, 0.1) is 0 Å². The van der Waals surface area contributed by atoms with Crippen molar-refractivity contribution < 1.29 is 26.4 Å². The standard InChI is InChI=1S/C16H29F3N4O3S/c1-13(15(24)20-12-16(17,18)19)22-8-10-23(11-9-22)27(25,26)21(2)14-6-4-3-5-7-14/h13-14H,3-12H2,1-2H3,(H,20,24). The average Bonchev–Trinajstić information content (AvgIpc) is 2.65. The summed E-state index contributed by atoms with van der Waals surface area (Å²) in [7, 11) is -1.95. The minimum absolute atomic E-state index is 0.0221. The third kappa shape index (κ3) is 6.03. The van der Waals surface area contributed by atoms with Crippen LogP contribution < -0.4 is 5.32 Å². The zero-order valence-electron chi connectivity index (χ0n) is 15.8. The van der Waals surface area contributed by atoms with Gasteiger partial charge in [-0.15, -0.1) is 0 Å². The van der Waals surface area contributed by atoms with Crippen molar-refractivity contribution in [3.63, 3.8) is 0 Å². The molecule has 0 aromatic heterocycles. The minimum atomic E-state index is -4.45. The van der Waals surface area contributed by atoms with Crippen LogP contribution in [-0.4, -0.2) is 85.9 Å². The topological polar surface area (TPSA) is 73.0 Å². The number of alkyl halides is 3. The number of nitrogens with one attached hydrogen (secondary N) is 1. The smallest absolute Gasteiger partial charge is 0.346 e. The minimum Gasteiger partial charge on any atom is -0.346 e. The Morgan fingerprint density at radius 2 is 1.70 bits per heavy atom. The van der Waals surface area contributed by atoms with Gasteiger partial charge in [-0.2, -0.15) is 30.2 Å².